The Labute approximate surface area is 122 Å². The van der Waals surface area contributed by atoms with E-state index in [1.54, 1.807) is 0 Å². The number of nitrogens with one attached hydrogen (secondary N) is 1. The summed E-state index contributed by atoms with van der Waals surface area (Å²) in [5.74, 6) is 3.75. The van der Waals surface area contributed by atoms with Crippen molar-refractivity contribution in [2.24, 2.45) is 5.84 Å². The van der Waals surface area contributed by atoms with Crippen molar-refractivity contribution < 1.29 is 13.5 Å². The lowest BCUT2D eigenvalue weighted by Crippen LogP contribution is -2.10. The molecule has 0 aliphatic rings. The van der Waals surface area contributed by atoms with Crippen LogP contribution in [0, 0.1) is 11.6 Å². The molecule has 0 radical (unpaired) electrons. The van der Waals surface area contributed by atoms with Gasteiger partial charge in [0.1, 0.15) is 11.6 Å². The van der Waals surface area contributed by atoms with Gasteiger partial charge in [-0.3, -0.25) is 0 Å². The molecule has 0 aliphatic heterocycles. The summed E-state index contributed by atoms with van der Waals surface area (Å²) in [6.07, 6.45) is 0.543. The van der Waals surface area contributed by atoms with Crippen LogP contribution in [0.5, 0.6) is 11.6 Å². The summed E-state index contributed by atoms with van der Waals surface area (Å²) in [5, 5.41) is 0. The van der Waals surface area contributed by atoms with E-state index in [-0.39, 0.29) is 11.6 Å². The smallest absolute Gasteiger partial charge is 0.224 e. The first kappa shape index (κ1) is 14.6. The summed E-state index contributed by atoms with van der Waals surface area (Å²) in [6, 6.07) is 3.70. The van der Waals surface area contributed by atoms with E-state index in [1.807, 2.05) is 6.92 Å². The monoisotopic (exact) mass is 344 g/mol. The van der Waals surface area contributed by atoms with Gasteiger partial charge >= 0.3 is 0 Å². The highest BCUT2D eigenvalue weighted by molar-refractivity contribution is 9.10. The molecular formula is C12H11BrF2N4O. The fourth-order valence-electron chi connectivity index (χ4n) is 1.48. The SMILES string of the molecule is CCc1nc(NN)cc(Oc2cc(Br)cc(F)c2F)n1. The summed E-state index contributed by atoms with van der Waals surface area (Å²) in [7, 11) is 0. The zero-order chi connectivity index (χ0) is 14.7. The van der Waals surface area contributed by atoms with E-state index in [4.69, 9.17) is 10.6 Å². The minimum absolute atomic E-state index is 0.0706. The molecular weight excluding hydrogens is 334 g/mol. The Kier molecular flexibility index (Phi) is 4.46. The highest BCUT2D eigenvalue weighted by atomic mass is 79.9. The molecule has 1 aromatic heterocycles. The van der Waals surface area contributed by atoms with Crippen molar-refractivity contribution in [1.82, 2.24) is 9.97 Å². The van der Waals surface area contributed by atoms with E-state index in [9.17, 15) is 8.78 Å². The molecule has 1 aromatic carbocycles. The van der Waals surface area contributed by atoms with E-state index in [0.717, 1.165) is 6.07 Å². The third-order valence-electron chi connectivity index (χ3n) is 2.39. The molecule has 0 saturated heterocycles. The van der Waals surface area contributed by atoms with Gasteiger partial charge in [0.15, 0.2) is 11.6 Å². The van der Waals surface area contributed by atoms with Gasteiger partial charge in [-0.2, -0.15) is 9.37 Å². The van der Waals surface area contributed by atoms with Crippen molar-refractivity contribution in [3.63, 3.8) is 0 Å². The maximum absolute atomic E-state index is 13.6. The van der Waals surface area contributed by atoms with E-state index >= 15 is 0 Å². The van der Waals surface area contributed by atoms with E-state index in [2.05, 4.69) is 31.3 Å². The van der Waals surface area contributed by atoms with Crippen molar-refractivity contribution in [2.45, 2.75) is 13.3 Å². The summed E-state index contributed by atoms with van der Waals surface area (Å²) in [4.78, 5) is 8.13. The number of aryl methyl sites for hydroxylation is 1. The number of ether oxygens (including phenoxy) is 1. The van der Waals surface area contributed by atoms with Crippen LogP contribution in [-0.2, 0) is 6.42 Å². The van der Waals surface area contributed by atoms with Gasteiger partial charge in [0.05, 0.1) is 0 Å². The van der Waals surface area contributed by atoms with Crippen LogP contribution in [0.15, 0.2) is 22.7 Å². The van der Waals surface area contributed by atoms with Crippen LogP contribution in [0.1, 0.15) is 12.7 Å². The van der Waals surface area contributed by atoms with Gasteiger partial charge in [0.2, 0.25) is 11.7 Å². The Morgan fingerprint density at radius 3 is 2.70 bits per heavy atom. The highest BCUT2D eigenvalue weighted by Gasteiger charge is 2.14. The number of rotatable bonds is 4. The van der Waals surface area contributed by atoms with Crippen LogP contribution in [0.25, 0.3) is 0 Å². The summed E-state index contributed by atoms with van der Waals surface area (Å²) >= 11 is 3.06. The minimum atomic E-state index is -1.09. The normalized spacial score (nSPS) is 10.4. The summed E-state index contributed by atoms with van der Waals surface area (Å²) in [5.41, 5.74) is 2.36. The zero-order valence-corrected chi connectivity index (χ0v) is 12.0. The summed E-state index contributed by atoms with van der Waals surface area (Å²) in [6.45, 7) is 1.85. The standard InChI is InChI=1S/C12H11BrF2N4O/c1-2-9-17-10(19-16)5-11(18-9)20-8-4-6(13)3-7(14)12(8)15/h3-5H,2,16H2,1H3,(H,17,18,19). The predicted molar refractivity (Wildman–Crippen MR) is 73.4 cm³/mol. The fraction of sp³-hybridized carbons (Fsp3) is 0.167. The van der Waals surface area contributed by atoms with Crippen LogP contribution < -0.4 is 16.0 Å². The fourth-order valence-corrected chi connectivity index (χ4v) is 1.89. The minimum Gasteiger partial charge on any atom is -0.436 e. The lowest BCUT2D eigenvalue weighted by molar-refractivity contribution is 0.403. The Bertz CT molecular complexity index is 617. The molecule has 0 saturated carbocycles. The molecule has 0 atom stereocenters. The third kappa shape index (κ3) is 3.20. The van der Waals surface area contributed by atoms with Crippen molar-refractivity contribution in [3.05, 3.63) is 40.1 Å². The Hall–Kier alpha value is -1.80. The molecule has 0 aliphatic carbocycles. The van der Waals surface area contributed by atoms with Gasteiger partial charge in [0.25, 0.3) is 0 Å². The number of benzene rings is 1. The van der Waals surface area contributed by atoms with Crippen LogP contribution in [0.2, 0.25) is 0 Å². The molecule has 5 nitrogen and oxygen atoms in total. The number of nitrogen functional groups attached to an aromatic ring is 1. The van der Waals surface area contributed by atoms with E-state index in [1.165, 1.54) is 12.1 Å². The van der Waals surface area contributed by atoms with Gasteiger partial charge in [-0.25, -0.2) is 15.2 Å². The number of aromatic nitrogens is 2. The predicted octanol–water partition coefficient (Wildman–Crippen LogP) is 3.16. The number of halogens is 3. The Morgan fingerprint density at radius 1 is 1.30 bits per heavy atom. The molecule has 2 aromatic rings. The third-order valence-corrected chi connectivity index (χ3v) is 2.85. The van der Waals surface area contributed by atoms with Crippen LogP contribution in [0.3, 0.4) is 0 Å². The van der Waals surface area contributed by atoms with Crippen LogP contribution in [-0.4, -0.2) is 9.97 Å². The molecule has 8 heteroatoms. The average molecular weight is 345 g/mol. The number of nitrogens with zero attached hydrogens (tertiary/aromatic N) is 2. The van der Waals surface area contributed by atoms with Crippen molar-refractivity contribution in [3.8, 4) is 11.6 Å². The van der Waals surface area contributed by atoms with Gasteiger partial charge < -0.3 is 10.2 Å². The largest absolute Gasteiger partial charge is 0.436 e. The zero-order valence-electron chi connectivity index (χ0n) is 10.5. The first-order valence-corrected chi connectivity index (χ1v) is 6.49. The quantitative estimate of drug-likeness (QED) is 0.506. The molecule has 0 unspecified atom stereocenters. The lowest BCUT2D eigenvalue weighted by atomic mass is 10.3. The second kappa shape index (κ2) is 6.10. The van der Waals surface area contributed by atoms with Gasteiger partial charge in [0, 0.05) is 17.0 Å². The second-order valence-corrected chi connectivity index (χ2v) is 4.72. The molecule has 0 spiro atoms. The molecule has 0 bridgehead atoms. The summed E-state index contributed by atoms with van der Waals surface area (Å²) < 4.78 is 32.5. The molecule has 2 rings (SSSR count). The first-order valence-electron chi connectivity index (χ1n) is 5.70. The Balaban J connectivity index is 2.39. The van der Waals surface area contributed by atoms with Crippen molar-refractivity contribution in [2.75, 3.05) is 5.43 Å². The topological polar surface area (TPSA) is 73.1 Å². The van der Waals surface area contributed by atoms with E-state index in [0.29, 0.717) is 22.5 Å². The second-order valence-electron chi connectivity index (χ2n) is 3.81. The molecule has 0 amide bonds. The number of hydrogen-bond acceptors (Lipinski definition) is 5. The molecule has 3 N–H and O–H groups in total. The lowest BCUT2D eigenvalue weighted by Gasteiger charge is -2.09. The number of hydrogen-bond donors (Lipinski definition) is 2. The van der Waals surface area contributed by atoms with Crippen LogP contribution >= 0.6 is 15.9 Å². The van der Waals surface area contributed by atoms with Gasteiger partial charge in [-0.15, -0.1) is 0 Å². The molecule has 20 heavy (non-hydrogen) atoms. The molecule has 1 heterocycles. The molecule has 106 valence electrons. The van der Waals surface area contributed by atoms with Crippen LogP contribution in [0.4, 0.5) is 14.6 Å². The van der Waals surface area contributed by atoms with Crippen molar-refractivity contribution in [1.29, 1.82) is 0 Å². The Morgan fingerprint density at radius 2 is 2.05 bits per heavy atom. The maximum atomic E-state index is 13.6. The molecule has 0 fully saturated rings. The number of hydrazine groups is 1. The first-order chi connectivity index (χ1) is 9.53. The number of anilines is 1. The average Bonchev–Trinajstić information content (AvgIpc) is 2.43. The number of nitrogens with two attached hydrogens (primary N) is 1. The highest BCUT2D eigenvalue weighted by Crippen LogP contribution is 2.29. The van der Waals surface area contributed by atoms with Gasteiger partial charge in [-0.1, -0.05) is 22.9 Å². The van der Waals surface area contributed by atoms with Gasteiger partial charge in [-0.05, 0) is 12.1 Å². The van der Waals surface area contributed by atoms with Crippen molar-refractivity contribution >= 4 is 21.7 Å². The maximum Gasteiger partial charge on any atom is 0.224 e. The van der Waals surface area contributed by atoms with E-state index < -0.39 is 11.6 Å².